The van der Waals surface area contributed by atoms with Crippen molar-refractivity contribution in [3.8, 4) is 11.4 Å². The molecule has 0 saturated heterocycles. The zero-order chi connectivity index (χ0) is 17.9. The van der Waals surface area contributed by atoms with Crippen LogP contribution in [0.15, 0.2) is 54.7 Å². The minimum atomic E-state index is -0.344. The van der Waals surface area contributed by atoms with Gasteiger partial charge in [0.2, 0.25) is 0 Å². The van der Waals surface area contributed by atoms with Crippen LogP contribution in [0.5, 0.6) is 0 Å². The molecule has 0 atom stereocenters. The second kappa shape index (κ2) is 6.81. The Labute approximate surface area is 150 Å². The average Bonchev–Trinajstić information content (AvgIpc) is 3.42. The number of carbonyl (C=O) groups excluding carboxylic acids is 1. The summed E-state index contributed by atoms with van der Waals surface area (Å²) >= 11 is 0. The average molecular weight is 348 g/mol. The highest BCUT2D eigenvalue weighted by atomic mass is 16.2. The molecular formula is C19H20N6O. The van der Waals surface area contributed by atoms with Crippen molar-refractivity contribution in [2.45, 2.75) is 12.8 Å². The molecule has 0 aliphatic carbocycles. The van der Waals surface area contributed by atoms with Crippen molar-refractivity contribution >= 4 is 5.91 Å². The molecule has 0 radical (unpaired) electrons. The number of aromatic nitrogens is 4. The van der Waals surface area contributed by atoms with Crippen LogP contribution in [0.1, 0.15) is 33.3 Å². The van der Waals surface area contributed by atoms with Crippen LogP contribution in [0.4, 0.5) is 0 Å². The van der Waals surface area contributed by atoms with Gasteiger partial charge in [-0.3, -0.25) is 10.2 Å². The Morgan fingerprint density at radius 1 is 0.808 bits per heavy atom. The van der Waals surface area contributed by atoms with E-state index in [0.29, 0.717) is 5.69 Å². The van der Waals surface area contributed by atoms with Gasteiger partial charge in [0.1, 0.15) is 5.69 Å². The first-order chi connectivity index (χ1) is 12.7. The van der Waals surface area contributed by atoms with Crippen molar-refractivity contribution in [2.24, 2.45) is 5.84 Å². The molecule has 4 heterocycles. The van der Waals surface area contributed by atoms with Gasteiger partial charge in [-0.25, -0.2) is 5.84 Å². The number of amides is 1. The fourth-order valence-electron chi connectivity index (χ4n) is 3.05. The number of aromatic amines is 4. The van der Waals surface area contributed by atoms with Crippen molar-refractivity contribution in [1.82, 2.24) is 25.4 Å². The van der Waals surface area contributed by atoms with Gasteiger partial charge in [-0.15, -0.1) is 0 Å². The fourth-order valence-corrected chi connectivity index (χ4v) is 3.05. The lowest BCUT2D eigenvalue weighted by Crippen LogP contribution is -2.30. The lowest BCUT2D eigenvalue weighted by molar-refractivity contribution is 0.0949. The molecular weight excluding hydrogens is 328 g/mol. The summed E-state index contributed by atoms with van der Waals surface area (Å²) in [7, 11) is 0. The molecule has 4 aromatic heterocycles. The molecule has 0 aliphatic rings. The van der Waals surface area contributed by atoms with Crippen LogP contribution in [0, 0.1) is 0 Å². The van der Waals surface area contributed by atoms with Crippen LogP contribution in [-0.2, 0) is 12.8 Å². The number of rotatable bonds is 6. The van der Waals surface area contributed by atoms with E-state index in [1.807, 2.05) is 30.5 Å². The van der Waals surface area contributed by atoms with E-state index in [-0.39, 0.29) is 5.91 Å². The first-order valence-electron chi connectivity index (χ1n) is 8.38. The summed E-state index contributed by atoms with van der Waals surface area (Å²) in [6.45, 7) is 0. The topological polar surface area (TPSA) is 118 Å². The molecule has 0 unspecified atom stereocenters. The molecule has 7 N–H and O–H groups in total. The standard InChI is InChI=1S/C19H20N6O/c20-25-19(26)18-8-7-17(24-18)16-6-5-15(23-16)11-14-4-3-13(22-14)10-12-2-1-9-21-12/h1-9,21-24H,10-11,20H2,(H,25,26). The molecule has 7 heteroatoms. The van der Waals surface area contributed by atoms with Gasteiger partial charge in [-0.1, -0.05) is 0 Å². The first-order valence-corrected chi connectivity index (χ1v) is 8.38. The van der Waals surface area contributed by atoms with Gasteiger partial charge in [0, 0.05) is 41.8 Å². The Balaban J connectivity index is 1.44. The second-order valence-corrected chi connectivity index (χ2v) is 6.21. The molecule has 1 amide bonds. The summed E-state index contributed by atoms with van der Waals surface area (Å²) in [6.07, 6.45) is 3.57. The third kappa shape index (κ3) is 3.33. The van der Waals surface area contributed by atoms with Crippen LogP contribution < -0.4 is 11.3 Å². The second-order valence-electron chi connectivity index (χ2n) is 6.21. The minimum absolute atomic E-state index is 0.344. The van der Waals surface area contributed by atoms with Gasteiger partial charge >= 0.3 is 0 Å². The molecule has 26 heavy (non-hydrogen) atoms. The molecule has 4 aromatic rings. The first kappa shape index (κ1) is 16.0. The SMILES string of the molecule is NNC(=O)c1ccc(-c2ccc(Cc3ccc(Cc4ccc[nH]4)[nH]3)[nH]2)[nH]1. The van der Waals surface area contributed by atoms with E-state index in [1.165, 1.54) is 11.4 Å². The Kier molecular flexibility index (Phi) is 4.20. The van der Waals surface area contributed by atoms with Gasteiger partial charge < -0.3 is 19.9 Å². The highest BCUT2D eigenvalue weighted by Crippen LogP contribution is 2.19. The molecule has 0 fully saturated rings. The molecule has 132 valence electrons. The summed E-state index contributed by atoms with van der Waals surface area (Å²) < 4.78 is 0. The lowest BCUT2D eigenvalue weighted by atomic mass is 10.2. The summed E-state index contributed by atoms with van der Waals surface area (Å²) in [6, 6.07) is 15.9. The van der Waals surface area contributed by atoms with Gasteiger partial charge in [0.05, 0.1) is 11.4 Å². The van der Waals surface area contributed by atoms with Crippen LogP contribution in [-0.4, -0.2) is 25.8 Å². The molecule has 0 spiro atoms. The van der Waals surface area contributed by atoms with Crippen LogP contribution in [0.2, 0.25) is 0 Å². The number of hydrogen-bond acceptors (Lipinski definition) is 2. The van der Waals surface area contributed by atoms with E-state index in [1.54, 1.807) is 6.07 Å². The smallest absolute Gasteiger partial charge is 0.281 e. The number of hydrazine groups is 1. The maximum atomic E-state index is 11.5. The quantitative estimate of drug-likeness (QED) is 0.182. The van der Waals surface area contributed by atoms with E-state index < -0.39 is 0 Å². The highest BCUT2D eigenvalue weighted by Gasteiger charge is 2.10. The Morgan fingerprint density at radius 2 is 1.46 bits per heavy atom. The van der Waals surface area contributed by atoms with E-state index >= 15 is 0 Å². The van der Waals surface area contributed by atoms with Crippen LogP contribution >= 0.6 is 0 Å². The number of nitrogens with two attached hydrogens (primary N) is 1. The Hall–Kier alpha value is -3.45. The molecule has 0 aromatic carbocycles. The van der Waals surface area contributed by atoms with Crippen molar-refractivity contribution < 1.29 is 4.79 Å². The maximum Gasteiger partial charge on any atom is 0.281 e. The third-order valence-electron chi connectivity index (χ3n) is 4.33. The summed E-state index contributed by atoms with van der Waals surface area (Å²) in [5.41, 5.74) is 8.91. The number of H-pyrrole nitrogens is 4. The van der Waals surface area contributed by atoms with Gasteiger partial charge in [-0.2, -0.15) is 0 Å². The maximum absolute atomic E-state index is 11.5. The highest BCUT2D eigenvalue weighted by molar-refractivity contribution is 5.92. The number of carbonyl (C=O) groups is 1. The normalized spacial score (nSPS) is 11.0. The van der Waals surface area contributed by atoms with E-state index in [4.69, 9.17) is 5.84 Å². The molecule has 0 saturated carbocycles. The zero-order valence-electron chi connectivity index (χ0n) is 14.1. The predicted octanol–water partition coefficient (Wildman–Crippen LogP) is 2.45. The van der Waals surface area contributed by atoms with Gasteiger partial charge in [0.15, 0.2) is 0 Å². The van der Waals surface area contributed by atoms with Gasteiger partial charge in [-0.05, 0) is 48.5 Å². The van der Waals surface area contributed by atoms with Crippen LogP contribution in [0.25, 0.3) is 11.4 Å². The summed E-state index contributed by atoms with van der Waals surface area (Å²) in [5, 5.41) is 0. The van der Waals surface area contributed by atoms with Crippen LogP contribution in [0.3, 0.4) is 0 Å². The van der Waals surface area contributed by atoms with Crippen molar-refractivity contribution in [2.75, 3.05) is 0 Å². The Morgan fingerprint density at radius 3 is 2.19 bits per heavy atom. The van der Waals surface area contributed by atoms with Crippen molar-refractivity contribution in [3.63, 3.8) is 0 Å². The molecule has 4 rings (SSSR count). The summed E-state index contributed by atoms with van der Waals surface area (Å²) in [5.74, 6) is 4.81. The largest absolute Gasteiger partial charge is 0.365 e. The monoisotopic (exact) mass is 348 g/mol. The Bertz CT molecular complexity index is 1000. The van der Waals surface area contributed by atoms with E-state index in [0.717, 1.165) is 35.6 Å². The number of nitrogen functional groups attached to an aromatic ring is 1. The molecule has 7 nitrogen and oxygen atoms in total. The van der Waals surface area contributed by atoms with E-state index in [9.17, 15) is 4.79 Å². The predicted molar refractivity (Wildman–Crippen MR) is 99.4 cm³/mol. The molecule has 0 aliphatic heterocycles. The van der Waals surface area contributed by atoms with Gasteiger partial charge in [0.25, 0.3) is 5.91 Å². The summed E-state index contributed by atoms with van der Waals surface area (Å²) in [4.78, 5) is 24.6. The van der Waals surface area contributed by atoms with Crippen molar-refractivity contribution in [3.05, 3.63) is 83.2 Å². The third-order valence-corrected chi connectivity index (χ3v) is 4.33. The molecule has 0 bridgehead atoms. The number of nitrogens with one attached hydrogen (secondary N) is 5. The van der Waals surface area contributed by atoms with E-state index in [2.05, 4.69) is 43.6 Å². The fraction of sp³-hybridized carbons (Fsp3) is 0.105. The lowest BCUT2D eigenvalue weighted by Gasteiger charge is -1.99. The van der Waals surface area contributed by atoms with Crippen molar-refractivity contribution in [1.29, 1.82) is 0 Å². The number of hydrogen-bond donors (Lipinski definition) is 6. The zero-order valence-corrected chi connectivity index (χ0v) is 14.1. The minimum Gasteiger partial charge on any atom is -0.365 e.